The zero-order chi connectivity index (χ0) is 27.6. The Morgan fingerprint density at radius 3 is 2.34 bits per heavy atom. The van der Waals surface area contributed by atoms with Crippen molar-refractivity contribution in [2.24, 2.45) is 5.73 Å². The lowest BCUT2D eigenvalue weighted by molar-refractivity contribution is 0.190. The van der Waals surface area contributed by atoms with Crippen molar-refractivity contribution in [1.82, 2.24) is 20.5 Å². The van der Waals surface area contributed by atoms with E-state index in [1.165, 1.54) is 51.4 Å². The summed E-state index contributed by atoms with van der Waals surface area (Å²) in [5.74, 6) is 0.565. The Labute approximate surface area is 237 Å². The molecule has 10 heteroatoms. The predicted molar refractivity (Wildman–Crippen MR) is 163 cm³/mol. The Kier molecular flexibility index (Phi) is 16.0. The molecule has 0 aliphatic carbocycles. The van der Waals surface area contributed by atoms with Crippen LogP contribution in [0.1, 0.15) is 90.9 Å². The molecule has 1 atom stereocenters. The minimum Gasteiger partial charge on any atom is -0.399 e. The Hall–Kier alpha value is -2.20. The average molecular weight is 565 g/mol. The normalized spacial score (nSPS) is 11.9. The van der Waals surface area contributed by atoms with Gasteiger partial charge in [-0.25, -0.2) is 14.6 Å². The fourth-order valence-electron chi connectivity index (χ4n) is 4.33. The number of amides is 4. The Bertz CT molecular complexity index is 955. The number of carbonyl (C=O) groups is 2. The van der Waals surface area contributed by atoms with Gasteiger partial charge in [-0.2, -0.15) is 0 Å². The third-order valence-electron chi connectivity index (χ3n) is 6.46. The maximum absolute atomic E-state index is 13.1. The van der Waals surface area contributed by atoms with Gasteiger partial charge < -0.3 is 27.0 Å². The standard InChI is InChI=1S/C28H48N6O2S2/c1-3-5-7-9-11-13-17-31-27(36)34(18-14-12-10-8-6-4-2)20-23(32-26(30)35)21-37-28-33-24-16-15-22(29)19-25(24)38-28/h15-16,19,23H,3-14,17-18,20-21,29H2,1-2H3,(H,31,36)(H3,30,32,35). The molecule has 38 heavy (non-hydrogen) atoms. The number of thiazole rings is 1. The van der Waals surface area contributed by atoms with Crippen molar-refractivity contribution < 1.29 is 9.59 Å². The van der Waals surface area contributed by atoms with Crippen LogP contribution in [0.15, 0.2) is 22.5 Å². The Morgan fingerprint density at radius 2 is 1.66 bits per heavy atom. The maximum atomic E-state index is 13.1. The van der Waals surface area contributed by atoms with Crippen LogP contribution in [0, 0.1) is 0 Å². The molecule has 0 fully saturated rings. The van der Waals surface area contributed by atoms with Crippen LogP contribution in [0.4, 0.5) is 15.3 Å². The molecule has 0 saturated heterocycles. The van der Waals surface area contributed by atoms with Gasteiger partial charge >= 0.3 is 12.1 Å². The van der Waals surface area contributed by atoms with Gasteiger partial charge in [-0.3, -0.25) is 0 Å². The van der Waals surface area contributed by atoms with E-state index in [0.29, 0.717) is 31.1 Å². The fraction of sp³-hybridized carbons (Fsp3) is 0.679. The van der Waals surface area contributed by atoms with Crippen LogP contribution in [-0.2, 0) is 0 Å². The summed E-state index contributed by atoms with van der Waals surface area (Å²) >= 11 is 3.14. The van der Waals surface area contributed by atoms with Crippen LogP contribution >= 0.6 is 23.1 Å². The highest BCUT2D eigenvalue weighted by atomic mass is 32.2. The van der Waals surface area contributed by atoms with Gasteiger partial charge in [0, 0.05) is 31.1 Å². The first kappa shape index (κ1) is 32.0. The number of anilines is 1. The summed E-state index contributed by atoms with van der Waals surface area (Å²) < 4.78 is 1.93. The number of hydrogen-bond donors (Lipinski definition) is 4. The number of primary amides is 1. The molecule has 1 aromatic carbocycles. The van der Waals surface area contributed by atoms with Crippen molar-refractivity contribution in [2.75, 3.05) is 31.1 Å². The van der Waals surface area contributed by atoms with Crippen LogP contribution in [0.5, 0.6) is 0 Å². The van der Waals surface area contributed by atoms with Gasteiger partial charge in [-0.1, -0.05) is 89.8 Å². The van der Waals surface area contributed by atoms with Crippen LogP contribution in [0.25, 0.3) is 10.2 Å². The number of rotatable bonds is 20. The highest BCUT2D eigenvalue weighted by Gasteiger charge is 2.21. The van der Waals surface area contributed by atoms with E-state index < -0.39 is 6.03 Å². The number of nitrogens with one attached hydrogen (secondary N) is 2. The van der Waals surface area contributed by atoms with Gasteiger partial charge in [0.05, 0.1) is 16.3 Å². The topological polar surface area (TPSA) is 126 Å². The number of nitrogens with zero attached hydrogens (tertiary/aromatic N) is 2. The van der Waals surface area contributed by atoms with Crippen molar-refractivity contribution in [3.63, 3.8) is 0 Å². The van der Waals surface area contributed by atoms with E-state index in [9.17, 15) is 9.59 Å². The largest absolute Gasteiger partial charge is 0.399 e. The number of fused-ring (bicyclic) bond motifs is 1. The van der Waals surface area contributed by atoms with Gasteiger partial charge in [-0.15, -0.1) is 11.3 Å². The Balaban J connectivity index is 1.94. The first-order chi connectivity index (χ1) is 18.4. The van der Waals surface area contributed by atoms with E-state index >= 15 is 0 Å². The summed E-state index contributed by atoms with van der Waals surface area (Å²) in [7, 11) is 0. The number of nitrogen functional groups attached to an aromatic ring is 1. The number of thioether (sulfide) groups is 1. The number of hydrogen-bond acceptors (Lipinski definition) is 6. The van der Waals surface area contributed by atoms with E-state index in [1.54, 1.807) is 23.1 Å². The number of unbranched alkanes of at least 4 members (excludes halogenated alkanes) is 10. The molecule has 0 aliphatic rings. The fourth-order valence-corrected chi connectivity index (χ4v) is 6.48. The molecule has 0 bridgehead atoms. The van der Waals surface area contributed by atoms with Crippen molar-refractivity contribution in [3.05, 3.63) is 18.2 Å². The molecular formula is C28H48N6O2S2. The van der Waals surface area contributed by atoms with E-state index in [4.69, 9.17) is 11.5 Å². The second-order valence-electron chi connectivity index (χ2n) is 9.94. The SMILES string of the molecule is CCCCCCCCNC(=O)N(CCCCCCCC)CC(CSc1nc2ccc(N)cc2s1)NC(N)=O. The number of nitrogens with two attached hydrogens (primary N) is 2. The zero-order valence-electron chi connectivity index (χ0n) is 23.3. The summed E-state index contributed by atoms with van der Waals surface area (Å²) in [6.45, 7) is 6.17. The van der Waals surface area contributed by atoms with Gasteiger partial charge in [0.1, 0.15) is 0 Å². The van der Waals surface area contributed by atoms with E-state index in [1.807, 2.05) is 23.1 Å². The molecule has 6 N–H and O–H groups in total. The van der Waals surface area contributed by atoms with E-state index in [0.717, 1.165) is 40.2 Å². The lowest BCUT2D eigenvalue weighted by Gasteiger charge is -2.28. The molecule has 2 aromatic rings. The summed E-state index contributed by atoms with van der Waals surface area (Å²) in [6.07, 6.45) is 14.0. The van der Waals surface area contributed by atoms with Crippen molar-refractivity contribution >= 4 is 51.1 Å². The minimum atomic E-state index is -0.584. The summed E-state index contributed by atoms with van der Waals surface area (Å²) in [5.41, 5.74) is 13.0. The summed E-state index contributed by atoms with van der Waals surface area (Å²) in [5, 5.41) is 5.95. The molecule has 1 aromatic heterocycles. The van der Waals surface area contributed by atoms with Crippen molar-refractivity contribution in [1.29, 1.82) is 0 Å². The third kappa shape index (κ3) is 13.0. The molecule has 1 heterocycles. The van der Waals surface area contributed by atoms with Crippen LogP contribution in [0.2, 0.25) is 0 Å². The summed E-state index contributed by atoms with van der Waals surface area (Å²) in [6, 6.07) is 4.75. The van der Waals surface area contributed by atoms with E-state index in [-0.39, 0.29) is 12.1 Å². The molecule has 0 aliphatic heterocycles. The van der Waals surface area contributed by atoms with Crippen LogP contribution < -0.4 is 22.1 Å². The highest BCUT2D eigenvalue weighted by Crippen LogP contribution is 2.31. The van der Waals surface area contributed by atoms with Gasteiger partial charge in [0.25, 0.3) is 0 Å². The van der Waals surface area contributed by atoms with Gasteiger partial charge in [0.2, 0.25) is 0 Å². The molecule has 2 rings (SSSR count). The first-order valence-corrected chi connectivity index (χ1v) is 16.1. The van der Waals surface area contributed by atoms with Gasteiger partial charge in [-0.05, 0) is 31.0 Å². The molecule has 0 radical (unpaired) electrons. The monoisotopic (exact) mass is 564 g/mol. The van der Waals surface area contributed by atoms with Crippen LogP contribution in [-0.4, -0.2) is 53.4 Å². The molecule has 4 amide bonds. The second-order valence-corrected chi connectivity index (χ2v) is 12.2. The quantitative estimate of drug-likeness (QED) is 0.0805. The first-order valence-electron chi connectivity index (χ1n) is 14.3. The molecule has 0 spiro atoms. The second kappa shape index (κ2) is 19.0. The maximum Gasteiger partial charge on any atom is 0.317 e. The van der Waals surface area contributed by atoms with Crippen molar-refractivity contribution in [2.45, 2.75) is 101 Å². The number of aromatic nitrogens is 1. The smallest absolute Gasteiger partial charge is 0.317 e. The lowest BCUT2D eigenvalue weighted by Crippen LogP contribution is -2.51. The highest BCUT2D eigenvalue weighted by molar-refractivity contribution is 8.01. The average Bonchev–Trinajstić information content (AvgIpc) is 3.29. The van der Waals surface area contributed by atoms with Gasteiger partial charge in [0.15, 0.2) is 4.34 Å². The Morgan fingerprint density at radius 1 is 1.00 bits per heavy atom. The molecule has 214 valence electrons. The lowest BCUT2D eigenvalue weighted by atomic mass is 10.1. The molecular weight excluding hydrogens is 516 g/mol. The number of carbonyl (C=O) groups excluding carboxylic acids is 2. The molecule has 8 nitrogen and oxygen atoms in total. The minimum absolute atomic E-state index is 0.0659. The number of benzene rings is 1. The van der Waals surface area contributed by atoms with Crippen LogP contribution in [0.3, 0.4) is 0 Å². The number of urea groups is 2. The predicted octanol–water partition coefficient (Wildman–Crippen LogP) is 6.74. The molecule has 1 unspecified atom stereocenters. The zero-order valence-corrected chi connectivity index (χ0v) is 24.9. The van der Waals surface area contributed by atoms with Crippen molar-refractivity contribution in [3.8, 4) is 0 Å². The third-order valence-corrected chi connectivity index (χ3v) is 8.79. The molecule has 0 saturated carbocycles. The summed E-state index contributed by atoms with van der Waals surface area (Å²) in [4.78, 5) is 31.4. The van der Waals surface area contributed by atoms with E-state index in [2.05, 4.69) is 29.5 Å².